The van der Waals surface area contributed by atoms with E-state index < -0.39 is 5.97 Å². The van der Waals surface area contributed by atoms with Crippen molar-refractivity contribution >= 4 is 5.97 Å². The van der Waals surface area contributed by atoms with Crippen LogP contribution in [0.1, 0.15) is 42.2 Å². The highest BCUT2D eigenvalue weighted by Crippen LogP contribution is 2.11. The largest absolute Gasteiger partial charge is 0.478 e. The Morgan fingerprint density at radius 2 is 2.21 bits per heavy atom. The first-order valence-electron chi connectivity index (χ1n) is 5.05. The number of carbonyl (C=O) groups is 1. The lowest BCUT2D eigenvalue weighted by Crippen LogP contribution is -2.03. The molecular formula is C11H17NO2. The molecule has 0 amide bonds. The third kappa shape index (κ3) is 2.37. The first-order chi connectivity index (χ1) is 6.66. The monoisotopic (exact) mass is 195 g/mol. The zero-order valence-electron chi connectivity index (χ0n) is 8.79. The summed E-state index contributed by atoms with van der Waals surface area (Å²) in [6.45, 7) is 4.94. The number of carboxylic acids is 1. The van der Waals surface area contributed by atoms with Crippen molar-refractivity contribution in [1.29, 1.82) is 0 Å². The Hall–Kier alpha value is -1.25. The molecule has 0 fully saturated rings. The molecule has 0 bridgehead atoms. The van der Waals surface area contributed by atoms with Crippen LogP contribution in [0.25, 0.3) is 0 Å². The molecule has 0 aliphatic heterocycles. The predicted molar refractivity (Wildman–Crippen MR) is 55.7 cm³/mol. The van der Waals surface area contributed by atoms with Gasteiger partial charge in [0, 0.05) is 18.4 Å². The number of rotatable bonds is 5. The molecule has 78 valence electrons. The first-order valence-corrected chi connectivity index (χ1v) is 5.05. The molecule has 1 heterocycles. The summed E-state index contributed by atoms with van der Waals surface area (Å²) in [4.78, 5) is 10.8. The normalized spacial score (nSPS) is 10.4. The zero-order chi connectivity index (χ0) is 10.6. The van der Waals surface area contributed by atoms with Crippen molar-refractivity contribution in [2.24, 2.45) is 0 Å². The van der Waals surface area contributed by atoms with Crippen molar-refractivity contribution in [3.63, 3.8) is 0 Å². The number of carboxylic acid groups (broad SMARTS) is 1. The van der Waals surface area contributed by atoms with Gasteiger partial charge in [0.05, 0.1) is 5.56 Å². The maximum absolute atomic E-state index is 10.8. The fourth-order valence-electron chi connectivity index (χ4n) is 1.55. The maximum Gasteiger partial charge on any atom is 0.337 e. The summed E-state index contributed by atoms with van der Waals surface area (Å²) in [5.74, 6) is -0.836. The Kier molecular flexibility index (Phi) is 3.74. The van der Waals surface area contributed by atoms with Gasteiger partial charge in [-0.1, -0.05) is 19.8 Å². The van der Waals surface area contributed by atoms with E-state index in [-0.39, 0.29) is 0 Å². The Bertz CT molecular complexity index is 315. The van der Waals surface area contributed by atoms with Gasteiger partial charge in [0.1, 0.15) is 0 Å². The average molecular weight is 195 g/mol. The molecule has 14 heavy (non-hydrogen) atoms. The molecule has 3 heteroatoms. The van der Waals surface area contributed by atoms with E-state index in [0.717, 1.165) is 18.7 Å². The topological polar surface area (TPSA) is 42.2 Å². The van der Waals surface area contributed by atoms with Gasteiger partial charge in [-0.3, -0.25) is 0 Å². The molecule has 0 aromatic carbocycles. The minimum atomic E-state index is -0.836. The molecule has 1 aromatic heterocycles. The summed E-state index contributed by atoms with van der Waals surface area (Å²) in [7, 11) is 0. The van der Waals surface area contributed by atoms with Crippen LogP contribution in [0.15, 0.2) is 12.3 Å². The van der Waals surface area contributed by atoms with Gasteiger partial charge in [-0.25, -0.2) is 4.79 Å². The van der Waals surface area contributed by atoms with Crippen LogP contribution < -0.4 is 0 Å². The van der Waals surface area contributed by atoms with Crippen molar-refractivity contribution in [1.82, 2.24) is 4.57 Å². The van der Waals surface area contributed by atoms with Crippen molar-refractivity contribution in [2.45, 2.75) is 39.7 Å². The first kappa shape index (κ1) is 10.8. The van der Waals surface area contributed by atoms with E-state index in [2.05, 4.69) is 6.92 Å². The Balaban J connectivity index is 2.65. The highest BCUT2D eigenvalue weighted by atomic mass is 16.4. The van der Waals surface area contributed by atoms with Gasteiger partial charge < -0.3 is 9.67 Å². The Morgan fingerprint density at radius 3 is 2.71 bits per heavy atom. The third-order valence-corrected chi connectivity index (χ3v) is 2.47. The molecule has 0 saturated heterocycles. The minimum absolute atomic E-state index is 0.418. The van der Waals surface area contributed by atoms with E-state index in [1.54, 1.807) is 6.07 Å². The van der Waals surface area contributed by atoms with E-state index in [4.69, 9.17) is 5.11 Å². The highest BCUT2D eigenvalue weighted by molar-refractivity contribution is 5.88. The SMILES string of the molecule is CCCCCn1ccc(C(=O)O)c1C. The van der Waals surface area contributed by atoms with Gasteiger partial charge in [-0.2, -0.15) is 0 Å². The third-order valence-electron chi connectivity index (χ3n) is 2.47. The van der Waals surface area contributed by atoms with Crippen LogP contribution in [0.3, 0.4) is 0 Å². The van der Waals surface area contributed by atoms with Crippen LogP contribution in [-0.4, -0.2) is 15.6 Å². The second-order valence-corrected chi connectivity index (χ2v) is 3.52. The van der Waals surface area contributed by atoms with Crippen molar-refractivity contribution in [3.8, 4) is 0 Å². The molecule has 1 aromatic rings. The Morgan fingerprint density at radius 1 is 1.50 bits per heavy atom. The summed E-state index contributed by atoms with van der Waals surface area (Å²) in [6, 6.07) is 1.67. The van der Waals surface area contributed by atoms with Crippen LogP contribution in [0, 0.1) is 6.92 Å². The number of nitrogens with zero attached hydrogens (tertiary/aromatic N) is 1. The van der Waals surface area contributed by atoms with Gasteiger partial charge in [0.2, 0.25) is 0 Å². The lowest BCUT2D eigenvalue weighted by atomic mass is 10.2. The summed E-state index contributed by atoms with van der Waals surface area (Å²) < 4.78 is 2.01. The second-order valence-electron chi connectivity index (χ2n) is 3.52. The molecule has 0 unspecified atom stereocenters. The number of aromatic nitrogens is 1. The molecule has 0 radical (unpaired) electrons. The molecular weight excluding hydrogens is 178 g/mol. The lowest BCUT2D eigenvalue weighted by Gasteiger charge is -2.05. The highest BCUT2D eigenvalue weighted by Gasteiger charge is 2.10. The van der Waals surface area contributed by atoms with Crippen LogP contribution in [-0.2, 0) is 6.54 Å². The molecule has 0 saturated carbocycles. The van der Waals surface area contributed by atoms with E-state index in [1.807, 2.05) is 17.7 Å². The van der Waals surface area contributed by atoms with Gasteiger partial charge in [0.15, 0.2) is 0 Å². The molecule has 3 nitrogen and oxygen atoms in total. The molecule has 0 atom stereocenters. The summed E-state index contributed by atoms with van der Waals surface area (Å²) >= 11 is 0. The summed E-state index contributed by atoms with van der Waals surface area (Å²) in [6.07, 6.45) is 5.35. The van der Waals surface area contributed by atoms with Crippen LogP contribution in [0.4, 0.5) is 0 Å². The number of aryl methyl sites for hydroxylation is 1. The minimum Gasteiger partial charge on any atom is -0.478 e. The summed E-state index contributed by atoms with van der Waals surface area (Å²) in [5.41, 5.74) is 1.27. The van der Waals surface area contributed by atoms with E-state index in [0.29, 0.717) is 5.56 Å². The van der Waals surface area contributed by atoms with Crippen LogP contribution in [0.5, 0.6) is 0 Å². The fraction of sp³-hybridized carbons (Fsp3) is 0.545. The molecule has 0 aliphatic carbocycles. The quantitative estimate of drug-likeness (QED) is 0.734. The number of unbranched alkanes of at least 4 members (excludes halogenated alkanes) is 2. The number of aromatic carboxylic acids is 1. The number of hydrogen-bond donors (Lipinski definition) is 1. The average Bonchev–Trinajstić information content (AvgIpc) is 2.48. The zero-order valence-corrected chi connectivity index (χ0v) is 8.79. The maximum atomic E-state index is 10.8. The van der Waals surface area contributed by atoms with Crippen molar-refractivity contribution < 1.29 is 9.90 Å². The molecule has 1 N–H and O–H groups in total. The second kappa shape index (κ2) is 4.84. The van der Waals surface area contributed by atoms with Crippen molar-refractivity contribution in [3.05, 3.63) is 23.5 Å². The van der Waals surface area contributed by atoms with E-state index >= 15 is 0 Å². The summed E-state index contributed by atoms with van der Waals surface area (Å²) in [5, 5.41) is 8.84. The van der Waals surface area contributed by atoms with Gasteiger partial charge >= 0.3 is 5.97 Å². The smallest absolute Gasteiger partial charge is 0.337 e. The van der Waals surface area contributed by atoms with Crippen LogP contribution in [0.2, 0.25) is 0 Å². The van der Waals surface area contributed by atoms with E-state index in [1.165, 1.54) is 12.8 Å². The van der Waals surface area contributed by atoms with Crippen LogP contribution >= 0.6 is 0 Å². The van der Waals surface area contributed by atoms with Gasteiger partial charge in [-0.15, -0.1) is 0 Å². The fourth-order valence-corrected chi connectivity index (χ4v) is 1.55. The van der Waals surface area contributed by atoms with E-state index in [9.17, 15) is 4.79 Å². The lowest BCUT2D eigenvalue weighted by molar-refractivity contribution is 0.0696. The Labute approximate surface area is 84.4 Å². The van der Waals surface area contributed by atoms with Gasteiger partial charge in [-0.05, 0) is 19.4 Å². The predicted octanol–water partition coefficient (Wildman–Crippen LogP) is 2.68. The number of hydrogen-bond acceptors (Lipinski definition) is 1. The molecule has 0 aliphatic rings. The van der Waals surface area contributed by atoms with Crippen molar-refractivity contribution in [2.75, 3.05) is 0 Å². The standard InChI is InChI=1S/C11H17NO2/c1-3-4-5-7-12-8-6-10(9(12)2)11(13)14/h6,8H,3-5,7H2,1-2H3,(H,13,14). The molecule has 1 rings (SSSR count). The van der Waals surface area contributed by atoms with Gasteiger partial charge in [0.25, 0.3) is 0 Å². The molecule has 0 spiro atoms.